The fraction of sp³-hybridized carbons (Fsp3) is 0.455. The third-order valence-corrected chi connectivity index (χ3v) is 6.48. The van der Waals surface area contributed by atoms with Crippen molar-refractivity contribution >= 4 is 11.6 Å². The van der Waals surface area contributed by atoms with E-state index in [9.17, 15) is 4.79 Å². The Kier molecular flexibility index (Phi) is 4.12. The van der Waals surface area contributed by atoms with E-state index < -0.39 is 0 Å². The Hall–Kier alpha value is -2.40. The molecular weight excluding hydrogens is 336 g/mol. The number of benzene rings is 1. The van der Waals surface area contributed by atoms with Crippen molar-refractivity contribution in [3.05, 3.63) is 59.4 Å². The molecule has 0 spiro atoms. The van der Waals surface area contributed by atoms with Gasteiger partial charge in [0.1, 0.15) is 5.69 Å². The number of anilines is 1. The lowest BCUT2D eigenvalue weighted by Crippen LogP contribution is -2.44. The zero-order valence-corrected chi connectivity index (χ0v) is 15.8. The summed E-state index contributed by atoms with van der Waals surface area (Å²) in [5.41, 5.74) is 4.67. The third-order valence-electron chi connectivity index (χ3n) is 6.48. The fourth-order valence-corrected chi connectivity index (χ4v) is 4.91. The predicted octanol–water partition coefficient (Wildman–Crippen LogP) is 2.91. The minimum absolute atomic E-state index is 0.0666. The van der Waals surface area contributed by atoms with Crippen molar-refractivity contribution < 1.29 is 4.79 Å². The monoisotopic (exact) mass is 362 g/mol. The maximum Gasteiger partial charge on any atom is 0.272 e. The van der Waals surface area contributed by atoms with Crippen LogP contribution in [0.15, 0.2) is 42.6 Å². The molecule has 27 heavy (non-hydrogen) atoms. The molecule has 140 valence electrons. The molecular formula is C22H26N4O. The van der Waals surface area contributed by atoms with Gasteiger partial charge in [0.05, 0.1) is 6.04 Å². The molecule has 0 unspecified atom stereocenters. The van der Waals surface area contributed by atoms with Gasteiger partial charge in [0.25, 0.3) is 5.91 Å². The van der Waals surface area contributed by atoms with Gasteiger partial charge in [-0.3, -0.25) is 9.78 Å². The Morgan fingerprint density at radius 2 is 1.89 bits per heavy atom. The van der Waals surface area contributed by atoms with E-state index in [4.69, 9.17) is 0 Å². The summed E-state index contributed by atoms with van der Waals surface area (Å²) >= 11 is 0. The first-order chi connectivity index (χ1) is 13.2. The van der Waals surface area contributed by atoms with E-state index in [1.54, 1.807) is 6.20 Å². The summed E-state index contributed by atoms with van der Waals surface area (Å²) in [7, 11) is 2.18. The molecule has 1 aromatic heterocycles. The van der Waals surface area contributed by atoms with E-state index in [1.807, 2.05) is 18.2 Å². The number of hydrogen-bond acceptors (Lipinski definition) is 4. The number of hydrogen-bond donors (Lipinski definition) is 0. The number of likely N-dealkylation sites (tertiary alicyclic amines) is 1. The first-order valence-electron chi connectivity index (χ1n) is 10.00. The van der Waals surface area contributed by atoms with Crippen LogP contribution in [0.3, 0.4) is 0 Å². The Morgan fingerprint density at radius 1 is 1.04 bits per heavy atom. The van der Waals surface area contributed by atoms with Crippen LogP contribution in [0.25, 0.3) is 0 Å². The number of likely N-dealkylation sites (N-methyl/N-ethyl adjacent to an activating group) is 1. The summed E-state index contributed by atoms with van der Waals surface area (Å²) in [5, 5.41) is 0. The highest BCUT2D eigenvalue weighted by molar-refractivity contribution is 5.92. The molecule has 3 heterocycles. The quantitative estimate of drug-likeness (QED) is 0.824. The molecule has 2 fully saturated rings. The number of fused-ring (bicyclic) bond motifs is 5. The van der Waals surface area contributed by atoms with E-state index in [-0.39, 0.29) is 11.9 Å². The molecule has 0 saturated carbocycles. The summed E-state index contributed by atoms with van der Waals surface area (Å²) in [6.07, 6.45) is 3.81. The van der Waals surface area contributed by atoms with Gasteiger partial charge in [-0.2, -0.15) is 0 Å². The summed E-state index contributed by atoms with van der Waals surface area (Å²) in [5.74, 6) is 0.663. The minimum Gasteiger partial charge on any atom is -0.369 e. The lowest BCUT2D eigenvalue weighted by Gasteiger charge is -2.35. The van der Waals surface area contributed by atoms with Crippen LogP contribution < -0.4 is 4.90 Å². The number of amides is 1. The molecule has 2 atom stereocenters. The van der Waals surface area contributed by atoms with Gasteiger partial charge < -0.3 is 14.7 Å². The van der Waals surface area contributed by atoms with Crippen LogP contribution >= 0.6 is 0 Å². The number of piperidine rings is 1. The van der Waals surface area contributed by atoms with Crippen molar-refractivity contribution in [2.45, 2.75) is 24.8 Å². The van der Waals surface area contributed by atoms with Crippen molar-refractivity contribution in [1.82, 2.24) is 14.8 Å². The number of rotatable bonds is 2. The van der Waals surface area contributed by atoms with Crippen molar-refractivity contribution in [3.63, 3.8) is 0 Å². The molecule has 1 amide bonds. The first kappa shape index (κ1) is 16.8. The van der Waals surface area contributed by atoms with Crippen molar-refractivity contribution in [1.29, 1.82) is 0 Å². The van der Waals surface area contributed by atoms with Gasteiger partial charge in [-0.1, -0.05) is 12.1 Å². The maximum atomic E-state index is 13.1. The molecule has 0 radical (unpaired) electrons. The smallest absolute Gasteiger partial charge is 0.272 e. The number of nitrogens with zero attached hydrogens (tertiary/aromatic N) is 4. The van der Waals surface area contributed by atoms with Gasteiger partial charge in [-0.15, -0.1) is 0 Å². The zero-order valence-electron chi connectivity index (χ0n) is 15.8. The average Bonchev–Trinajstić information content (AvgIpc) is 3.00. The topological polar surface area (TPSA) is 39.7 Å². The van der Waals surface area contributed by atoms with Crippen LogP contribution in [0.2, 0.25) is 0 Å². The van der Waals surface area contributed by atoms with Crippen molar-refractivity contribution in [2.24, 2.45) is 0 Å². The van der Waals surface area contributed by atoms with E-state index >= 15 is 0 Å². The van der Waals surface area contributed by atoms with Crippen LogP contribution in [0, 0.1) is 0 Å². The van der Waals surface area contributed by atoms with E-state index in [2.05, 4.69) is 44.9 Å². The number of aromatic nitrogens is 1. The third kappa shape index (κ3) is 2.90. The predicted molar refractivity (Wildman–Crippen MR) is 106 cm³/mol. The Labute approximate surface area is 160 Å². The normalized spacial score (nSPS) is 24.8. The van der Waals surface area contributed by atoms with Gasteiger partial charge in [0, 0.05) is 44.6 Å². The van der Waals surface area contributed by atoms with Gasteiger partial charge in [0.15, 0.2) is 0 Å². The minimum atomic E-state index is 0.0666. The van der Waals surface area contributed by atoms with Crippen molar-refractivity contribution in [2.75, 3.05) is 44.7 Å². The molecule has 2 aromatic rings. The second kappa shape index (κ2) is 6.64. The average molecular weight is 362 g/mol. The Bertz CT molecular complexity index is 845. The summed E-state index contributed by atoms with van der Waals surface area (Å²) in [6, 6.07) is 12.7. The zero-order chi connectivity index (χ0) is 18.4. The highest BCUT2D eigenvalue weighted by Gasteiger charge is 2.41. The summed E-state index contributed by atoms with van der Waals surface area (Å²) in [4.78, 5) is 24.3. The standard InChI is InChI=1S/C22H26N4O/c1-24-10-12-25(13-11-24)17-5-6-18-16-7-9-26(21(14-16)19(18)15-17)22(27)20-4-2-3-8-23-20/h2-6,8,15-16,21H,7,9-14H2,1H3/t16-,21-/m1/s1. The highest BCUT2D eigenvalue weighted by atomic mass is 16.2. The summed E-state index contributed by atoms with van der Waals surface area (Å²) < 4.78 is 0. The Morgan fingerprint density at radius 3 is 2.67 bits per heavy atom. The van der Waals surface area contributed by atoms with Crippen LogP contribution in [0.1, 0.15) is 46.4 Å². The molecule has 2 saturated heterocycles. The number of piperazine rings is 1. The van der Waals surface area contributed by atoms with Gasteiger partial charge in [0.2, 0.25) is 0 Å². The SMILES string of the molecule is CN1CCN(c2ccc3c(c2)[C@H]2C[C@H]3CCN2C(=O)c2ccccn2)CC1. The number of carbonyl (C=O) groups is 1. The molecule has 5 heteroatoms. The largest absolute Gasteiger partial charge is 0.369 e. The molecule has 5 nitrogen and oxygen atoms in total. The number of carbonyl (C=O) groups excluding carboxylic acids is 1. The van der Waals surface area contributed by atoms with Crippen LogP contribution in [-0.4, -0.2) is 60.5 Å². The van der Waals surface area contributed by atoms with Crippen LogP contribution in [0.5, 0.6) is 0 Å². The number of pyridine rings is 1. The molecule has 2 aliphatic heterocycles. The highest BCUT2D eigenvalue weighted by Crippen LogP contribution is 2.50. The van der Waals surface area contributed by atoms with Gasteiger partial charge in [-0.05, 0) is 61.2 Å². The maximum absolute atomic E-state index is 13.1. The summed E-state index contributed by atoms with van der Waals surface area (Å²) in [6.45, 7) is 5.17. The molecule has 5 rings (SSSR count). The molecule has 2 bridgehead atoms. The van der Waals surface area contributed by atoms with E-state index in [0.29, 0.717) is 11.6 Å². The second-order valence-corrected chi connectivity index (χ2v) is 8.05. The molecule has 3 aliphatic rings. The Balaban J connectivity index is 1.44. The lowest BCUT2D eigenvalue weighted by molar-refractivity contribution is 0.0614. The first-order valence-corrected chi connectivity index (χ1v) is 10.00. The molecule has 0 N–H and O–H groups in total. The van der Waals surface area contributed by atoms with Gasteiger partial charge in [-0.25, -0.2) is 0 Å². The lowest BCUT2D eigenvalue weighted by atomic mass is 9.95. The van der Waals surface area contributed by atoms with Crippen LogP contribution in [-0.2, 0) is 0 Å². The second-order valence-electron chi connectivity index (χ2n) is 8.05. The van der Waals surface area contributed by atoms with Crippen molar-refractivity contribution in [3.8, 4) is 0 Å². The van der Waals surface area contributed by atoms with E-state index in [1.165, 1.54) is 16.8 Å². The fourth-order valence-electron chi connectivity index (χ4n) is 4.91. The van der Waals surface area contributed by atoms with Gasteiger partial charge >= 0.3 is 0 Å². The molecule has 1 aliphatic carbocycles. The van der Waals surface area contributed by atoms with Crippen LogP contribution in [0.4, 0.5) is 5.69 Å². The van der Waals surface area contributed by atoms with E-state index in [0.717, 1.165) is 45.6 Å². The molecule has 1 aromatic carbocycles.